The number of nitrogens with zero attached hydrogens (tertiary/aromatic N) is 2. The van der Waals surface area contributed by atoms with Crippen molar-refractivity contribution in [3.8, 4) is 0 Å². The van der Waals surface area contributed by atoms with Crippen molar-refractivity contribution in [3.05, 3.63) is 94.8 Å². The molecular formula is C26H29N3. The summed E-state index contributed by atoms with van der Waals surface area (Å²) >= 11 is 0. The largest absolute Gasteiger partial charge is 0.355 e. The predicted octanol–water partition coefficient (Wildman–Crippen LogP) is 6.74. The van der Waals surface area contributed by atoms with E-state index in [4.69, 9.17) is 5.10 Å². The predicted molar refractivity (Wildman–Crippen MR) is 124 cm³/mol. The van der Waals surface area contributed by atoms with Crippen LogP contribution in [-0.4, -0.2) is 10.7 Å². The van der Waals surface area contributed by atoms with Crippen molar-refractivity contribution in [2.24, 2.45) is 5.10 Å². The van der Waals surface area contributed by atoms with Gasteiger partial charge in [0.2, 0.25) is 0 Å². The summed E-state index contributed by atoms with van der Waals surface area (Å²) in [5.41, 5.74) is 11.6. The lowest BCUT2D eigenvalue weighted by molar-refractivity contribution is 0.293. The van der Waals surface area contributed by atoms with Crippen LogP contribution < -0.4 is 5.32 Å². The van der Waals surface area contributed by atoms with E-state index >= 15 is 0 Å². The summed E-state index contributed by atoms with van der Waals surface area (Å²) in [7, 11) is 0. The van der Waals surface area contributed by atoms with Gasteiger partial charge < -0.3 is 5.32 Å². The molecule has 4 rings (SSSR count). The van der Waals surface area contributed by atoms with Crippen LogP contribution in [0.25, 0.3) is 5.57 Å². The van der Waals surface area contributed by atoms with Crippen molar-refractivity contribution in [1.82, 2.24) is 5.01 Å². The smallest absolute Gasteiger partial charge is 0.0827 e. The third-order valence-corrected chi connectivity index (χ3v) is 6.00. The van der Waals surface area contributed by atoms with Gasteiger partial charge in [-0.1, -0.05) is 62.0 Å². The van der Waals surface area contributed by atoms with E-state index in [9.17, 15) is 0 Å². The molecule has 0 bridgehead atoms. The van der Waals surface area contributed by atoms with Crippen LogP contribution in [0, 0.1) is 13.8 Å². The summed E-state index contributed by atoms with van der Waals surface area (Å²) in [4.78, 5) is 0. The molecule has 0 spiro atoms. The number of allylic oxidation sites excluding steroid dienone is 3. The Morgan fingerprint density at radius 1 is 1.14 bits per heavy atom. The van der Waals surface area contributed by atoms with Gasteiger partial charge in [0.05, 0.1) is 11.8 Å². The Hall–Kier alpha value is -3.07. The zero-order chi connectivity index (χ0) is 20.7. The van der Waals surface area contributed by atoms with Gasteiger partial charge in [0.1, 0.15) is 0 Å². The highest BCUT2D eigenvalue weighted by atomic mass is 15.5. The molecular weight excluding hydrogens is 354 g/mol. The first-order valence-electron chi connectivity index (χ1n) is 10.3. The van der Waals surface area contributed by atoms with Gasteiger partial charge in [-0.25, -0.2) is 0 Å². The van der Waals surface area contributed by atoms with Crippen LogP contribution in [0.2, 0.25) is 0 Å². The van der Waals surface area contributed by atoms with E-state index in [0.717, 1.165) is 41.2 Å². The van der Waals surface area contributed by atoms with E-state index in [0.29, 0.717) is 0 Å². The molecule has 0 saturated carbocycles. The molecule has 2 heterocycles. The molecule has 2 aromatic carbocycles. The van der Waals surface area contributed by atoms with E-state index in [1.165, 1.54) is 27.8 Å². The lowest BCUT2D eigenvalue weighted by Gasteiger charge is -2.26. The Morgan fingerprint density at radius 2 is 1.86 bits per heavy atom. The normalized spacial score (nSPS) is 18.5. The molecule has 0 saturated heterocycles. The lowest BCUT2D eigenvalue weighted by atomic mass is 9.86. The second-order valence-corrected chi connectivity index (χ2v) is 8.04. The first-order valence-corrected chi connectivity index (χ1v) is 10.3. The molecule has 0 aromatic heterocycles. The Kier molecular flexibility index (Phi) is 4.91. The first kappa shape index (κ1) is 19.3. The Balaban J connectivity index is 1.79. The van der Waals surface area contributed by atoms with Crippen LogP contribution in [0.3, 0.4) is 0 Å². The van der Waals surface area contributed by atoms with Gasteiger partial charge >= 0.3 is 0 Å². The van der Waals surface area contributed by atoms with Crippen molar-refractivity contribution < 1.29 is 0 Å². The molecule has 148 valence electrons. The number of anilines is 1. The van der Waals surface area contributed by atoms with Crippen LogP contribution in [0.4, 0.5) is 5.69 Å². The number of hydrazone groups is 1. The van der Waals surface area contributed by atoms with E-state index in [1.807, 2.05) is 0 Å². The quantitative estimate of drug-likeness (QED) is 0.633. The highest BCUT2D eigenvalue weighted by Crippen LogP contribution is 2.42. The number of benzene rings is 2. The number of hydrogen-bond donors (Lipinski definition) is 1. The zero-order valence-electron chi connectivity index (χ0n) is 17.8. The van der Waals surface area contributed by atoms with Crippen LogP contribution >= 0.6 is 0 Å². The number of hydrogen-bond acceptors (Lipinski definition) is 3. The fourth-order valence-corrected chi connectivity index (χ4v) is 4.40. The minimum absolute atomic E-state index is 0.171. The molecule has 2 aliphatic heterocycles. The highest BCUT2D eigenvalue weighted by Gasteiger charge is 2.34. The molecule has 1 unspecified atom stereocenters. The topological polar surface area (TPSA) is 27.6 Å². The molecule has 0 fully saturated rings. The summed E-state index contributed by atoms with van der Waals surface area (Å²) in [5.74, 6) is 0. The van der Waals surface area contributed by atoms with Crippen LogP contribution in [-0.2, 0) is 0 Å². The highest BCUT2D eigenvalue weighted by molar-refractivity contribution is 6.13. The van der Waals surface area contributed by atoms with E-state index < -0.39 is 0 Å². The van der Waals surface area contributed by atoms with Crippen molar-refractivity contribution >= 4 is 17.0 Å². The number of fused-ring (bicyclic) bond motifs is 1. The van der Waals surface area contributed by atoms with E-state index in [-0.39, 0.29) is 6.04 Å². The van der Waals surface area contributed by atoms with Crippen molar-refractivity contribution in [1.29, 1.82) is 0 Å². The average Bonchev–Trinajstić information content (AvgIpc) is 3.12. The van der Waals surface area contributed by atoms with Gasteiger partial charge in [0.25, 0.3) is 0 Å². The lowest BCUT2D eigenvalue weighted by Crippen LogP contribution is -2.18. The van der Waals surface area contributed by atoms with Gasteiger partial charge in [0, 0.05) is 34.6 Å². The molecule has 0 amide bonds. The summed E-state index contributed by atoms with van der Waals surface area (Å²) in [6.07, 6.45) is 1.72. The monoisotopic (exact) mass is 383 g/mol. The molecule has 0 aliphatic carbocycles. The molecule has 1 atom stereocenters. The van der Waals surface area contributed by atoms with Gasteiger partial charge in [-0.3, -0.25) is 5.01 Å². The number of rotatable bonds is 4. The summed E-state index contributed by atoms with van der Waals surface area (Å²) < 4.78 is 0. The van der Waals surface area contributed by atoms with Crippen molar-refractivity contribution in [3.63, 3.8) is 0 Å². The fourth-order valence-electron chi connectivity index (χ4n) is 4.40. The molecule has 3 heteroatoms. The molecule has 0 radical (unpaired) electrons. The summed E-state index contributed by atoms with van der Waals surface area (Å²) in [6, 6.07) is 15.3. The number of nitrogens with one attached hydrogen (secondary N) is 1. The Bertz CT molecular complexity index is 1050. The van der Waals surface area contributed by atoms with Crippen LogP contribution in [0.15, 0.2) is 77.7 Å². The maximum atomic E-state index is 5.06. The summed E-state index contributed by atoms with van der Waals surface area (Å²) in [5, 5.41) is 10.7. The van der Waals surface area contributed by atoms with Gasteiger partial charge in [0.15, 0.2) is 0 Å². The molecule has 2 aromatic rings. The van der Waals surface area contributed by atoms with Crippen LogP contribution in [0.5, 0.6) is 0 Å². The van der Waals surface area contributed by atoms with Crippen molar-refractivity contribution in [2.45, 2.75) is 46.6 Å². The minimum Gasteiger partial charge on any atom is -0.355 e. The second-order valence-electron chi connectivity index (χ2n) is 8.04. The van der Waals surface area contributed by atoms with E-state index in [2.05, 4.69) is 93.6 Å². The summed E-state index contributed by atoms with van der Waals surface area (Å²) in [6.45, 7) is 17.2. The minimum atomic E-state index is 0.171. The van der Waals surface area contributed by atoms with Crippen LogP contribution in [0.1, 0.15) is 55.0 Å². The molecule has 29 heavy (non-hydrogen) atoms. The van der Waals surface area contributed by atoms with Gasteiger partial charge in [-0.05, 0) is 50.0 Å². The number of aryl methyl sites for hydroxylation is 2. The Labute approximate surface area is 174 Å². The third-order valence-electron chi connectivity index (χ3n) is 6.00. The van der Waals surface area contributed by atoms with Crippen molar-refractivity contribution in [2.75, 3.05) is 5.32 Å². The SMILES string of the molecule is C=C1Nc2cccc(C)c2C(C)=C1C1=NN(C(=C)CC)C(c2ccc(C)cc2)C1. The maximum absolute atomic E-state index is 5.06. The molecule has 1 N–H and O–H groups in total. The van der Waals surface area contributed by atoms with E-state index in [1.54, 1.807) is 0 Å². The standard InChI is InChI=1S/C26H29N3/c1-7-18(4)29-24(21-13-11-16(2)12-14-21)15-23(28-29)26-19(5)25-17(3)9-8-10-22(25)27-20(26)6/h8-14,24,27H,4,6-7,15H2,1-3,5H3. The van der Waals surface area contributed by atoms with Gasteiger partial charge in [-0.2, -0.15) is 5.10 Å². The van der Waals surface area contributed by atoms with Gasteiger partial charge in [-0.15, -0.1) is 0 Å². The fraction of sp³-hybridized carbons (Fsp3) is 0.269. The third kappa shape index (κ3) is 3.31. The first-order chi connectivity index (χ1) is 13.9. The Morgan fingerprint density at radius 3 is 2.55 bits per heavy atom. The molecule has 3 nitrogen and oxygen atoms in total. The second kappa shape index (κ2) is 7.40. The average molecular weight is 384 g/mol. The molecule has 2 aliphatic rings. The zero-order valence-corrected chi connectivity index (χ0v) is 17.8. The maximum Gasteiger partial charge on any atom is 0.0827 e.